The number of nitrogens with zero attached hydrogens (tertiary/aromatic N) is 2. The van der Waals surface area contributed by atoms with Crippen molar-refractivity contribution in [1.29, 1.82) is 0 Å². The second kappa shape index (κ2) is 10.7. The van der Waals surface area contributed by atoms with Crippen molar-refractivity contribution >= 4 is 38.3 Å². The molecule has 0 aromatic heterocycles. The van der Waals surface area contributed by atoms with Crippen LogP contribution in [0.5, 0.6) is 0 Å². The average molecular weight is 508 g/mol. The van der Waals surface area contributed by atoms with E-state index in [4.69, 9.17) is 0 Å². The molecule has 1 atom stereocenters. The van der Waals surface area contributed by atoms with Gasteiger partial charge in [-0.1, -0.05) is 55.5 Å². The lowest BCUT2D eigenvalue weighted by Gasteiger charge is -2.29. The number of hydrogen-bond donors (Lipinski definition) is 1. The molecule has 4 rings (SSSR count). The van der Waals surface area contributed by atoms with E-state index in [-0.39, 0.29) is 24.8 Å². The van der Waals surface area contributed by atoms with Gasteiger partial charge >= 0.3 is 0 Å². The molecule has 1 aliphatic heterocycles. The molecule has 1 heterocycles. The Labute approximate surface area is 213 Å². The Morgan fingerprint density at radius 2 is 1.75 bits per heavy atom. The lowest BCUT2D eigenvalue weighted by atomic mass is 10.1. The number of carbonyl (C=O) groups excluding carboxylic acids is 2. The molecule has 3 aromatic carbocycles. The van der Waals surface area contributed by atoms with E-state index in [0.717, 1.165) is 28.3 Å². The highest BCUT2D eigenvalue weighted by molar-refractivity contribution is 7.93. The summed E-state index contributed by atoms with van der Waals surface area (Å²) in [5.41, 5.74) is 2.68. The van der Waals surface area contributed by atoms with Crippen molar-refractivity contribution in [3.05, 3.63) is 71.8 Å². The largest absolute Gasteiger partial charge is 0.354 e. The fourth-order valence-electron chi connectivity index (χ4n) is 4.67. The smallest absolute Gasteiger partial charge is 0.265 e. The summed E-state index contributed by atoms with van der Waals surface area (Å²) in [6.45, 7) is 6.76. The van der Waals surface area contributed by atoms with Crippen LogP contribution in [0.3, 0.4) is 0 Å². The van der Waals surface area contributed by atoms with Crippen molar-refractivity contribution < 1.29 is 18.0 Å². The first kappa shape index (κ1) is 25.7. The van der Waals surface area contributed by atoms with E-state index in [1.807, 2.05) is 62.4 Å². The van der Waals surface area contributed by atoms with E-state index < -0.39 is 16.1 Å². The Kier molecular flexibility index (Phi) is 7.64. The molecule has 1 N–H and O–H groups in total. The van der Waals surface area contributed by atoms with Gasteiger partial charge in [0.15, 0.2) is 0 Å². The molecule has 7 nitrogen and oxygen atoms in total. The van der Waals surface area contributed by atoms with Gasteiger partial charge in [0, 0.05) is 31.4 Å². The number of benzene rings is 3. The van der Waals surface area contributed by atoms with Crippen LogP contribution in [-0.2, 0) is 26.2 Å². The van der Waals surface area contributed by atoms with Crippen LogP contribution in [0.2, 0.25) is 0 Å². The third kappa shape index (κ3) is 4.95. The Balaban J connectivity index is 1.50. The minimum Gasteiger partial charge on any atom is -0.354 e. The third-order valence-electron chi connectivity index (χ3n) is 6.75. The normalized spacial score (nSPS) is 14.6. The van der Waals surface area contributed by atoms with Crippen molar-refractivity contribution in [1.82, 2.24) is 10.2 Å². The van der Waals surface area contributed by atoms with Gasteiger partial charge in [-0.15, -0.1) is 0 Å². The molecule has 0 saturated carbocycles. The van der Waals surface area contributed by atoms with Crippen LogP contribution in [0.4, 0.5) is 5.69 Å². The summed E-state index contributed by atoms with van der Waals surface area (Å²) in [6, 6.07) is 18.0. The second-order valence-electron chi connectivity index (χ2n) is 9.23. The van der Waals surface area contributed by atoms with Gasteiger partial charge in [-0.2, -0.15) is 0 Å². The first-order valence-corrected chi connectivity index (χ1v) is 13.9. The molecular weight excluding hydrogens is 474 g/mol. The molecule has 36 heavy (non-hydrogen) atoms. The molecule has 1 aliphatic rings. The zero-order valence-corrected chi connectivity index (χ0v) is 21.8. The minimum atomic E-state index is -3.67. The van der Waals surface area contributed by atoms with Crippen molar-refractivity contribution in [3.8, 4) is 0 Å². The number of rotatable bonds is 10. The van der Waals surface area contributed by atoms with Gasteiger partial charge < -0.3 is 10.2 Å². The van der Waals surface area contributed by atoms with Crippen LogP contribution in [0.15, 0.2) is 65.6 Å². The Bertz CT molecular complexity index is 1380. The standard InChI is InChI=1S/C28H33N3O4S/c1-4-17-29-28(33)21(3)30(19-23-11-6-5-10-20(23)2)26(32)16-9-18-31-24-14-7-12-22-13-8-15-25(27(22)24)36(31,34)35/h5-8,10-15,21H,4,9,16-19H2,1-3H3,(H,29,33)/t21-/m0/s1. The predicted octanol–water partition coefficient (Wildman–Crippen LogP) is 4.38. The first-order chi connectivity index (χ1) is 17.3. The number of carbonyl (C=O) groups is 2. The number of amides is 2. The Morgan fingerprint density at radius 3 is 2.47 bits per heavy atom. The fourth-order valence-corrected chi connectivity index (χ4v) is 6.41. The molecule has 0 saturated heterocycles. The molecule has 8 heteroatoms. The van der Waals surface area contributed by atoms with Gasteiger partial charge in [-0.25, -0.2) is 8.42 Å². The summed E-state index contributed by atoms with van der Waals surface area (Å²) < 4.78 is 27.9. The average Bonchev–Trinajstić information content (AvgIpc) is 3.09. The Morgan fingerprint density at radius 1 is 1.03 bits per heavy atom. The summed E-state index contributed by atoms with van der Waals surface area (Å²) in [7, 11) is -3.67. The molecule has 0 unspecified atom stereocenters. The highest BCUT2D eigenvalue weighted by Gasteiger charge is 2.35. The van der Waals surface area contributed by atoms with Crippen LogP contribution in [0.1, 0.15) is 44.2 Å². The van der Waals surface area contributed by atoms with Crippen molar-refractivity contribution in [2.45, 2.75) is 57.5 Å². The zero-order chi connectivity index (χ0) is 25.9. The second-order valence-corrected chi connectivity index (χ2v) is 11.1. The van der Waals surface area contributed by atoms with E-state index in [1.54, 1.807) is 24.0 Å². The van der Waals surface area contributed by atoms with Gasteiger partial charge in [0.2, 0.25) is 11.8 Å². The number of sulfonamides is 1. The van der Waals surface area contributed by atoms with E-state index in [2.05, 4.69) is 5.32 Å². The van der Waals surface area contributed by atoms with Gasteiger partial charge in [-0.3, -0.25) is 13.9 Å². The monoisotopic (exact) mass is 507 g/mol. The maximum absolute atomic E-state index is 13.4. The van der Waals surface area contributed by atoms with E-state index in [1.165, 1.54) is 4.31 Å². The maximum atomic E-state index is 13.4. The number of hydrogen-bond acceptors (Lipinski definition) is 4. The molecular formula is C28H33N3O4S. The molecule has 2 amide bonds. The summed E-state index contributed by atoms with van der Waals surface area (Å²) in [6.07, 6.45) is 1.29. The molecule has 190 valence electrons. The number of nitrogens with one attached hydrogen (secondary N) is 1. The summed E-state index contributed by atoms with van der Waals surface area (Å²) in [5, 5.41) is 4.49. The van der Waals surface area contributed by atoms with Crippen LogP contribution < -0.4 is 9.62 Å². The lowest BCUT2D eigenvalue weighted by molar-refractivity contribution is -0.140. The highest BCUT2D eigenvalue weighted by Crippen LogP contribution is 2.42. The van der Waals surface area contributed by atoms with Crippen LogP contribution in [0, 0.1) is 6.92 Å². The zero-order valence-electron chi connectivity index (χ0n) is 21.0. The molecule has 0 radical (unpaired) electrons. The number of aryl methyl sites for hydroxylation is 1. The molecule has 0 aliphatic carbocycles. The SMILES string of the molecule is CCCNC(=O)[C@H](C)N(Cc1ccccc1C)C(=O)CCCN1c2cccc3cccc(c23)S1(=O)=O. The topological polar surface area (TPSA) is 86.8 Å². The van der Waals surface area contributed by atoms with Crippen molar-refractivity contribution in [3.63, 3.8) is 0 Å². The van der Waals surface area contributed by atoms with E-state index >= 15 is 0 Å². The van der Waals surface area contributed by atoms with Crippen molar-refractivity contribution in [2.75, 3.05) is 17.4 Å². The predicted molar refractivity (Wildman–Crippen MR) is 142 cm³/mol. The van der Waals surface area contributed by atoms with Gasteiger partial charge in [0.05, 0.1) is 10.6 Å². The quantitative estimate of drug-likeness (QED) is 0.441. The molecule has 3 aromatic rings. The summed E-state index contributed by atoms with van der Waals surface area (Å²) in [4.78, 5) is 28.0. The Hall–Kier alpha value is -3.39. The first-order valence-electron chi connectivity index (χ1n) is 12.4. The maximum Gasteiger partial charge on any atom is 0.265 e. The van der Waals surface area contributed by atoms with Crippen LogP contribution >= 0.6 is 0 Å². The highest BCUT2D eigenvalue weighted by atomic mass is 32.2. The molecule has 0 bridgehead atoms. The van der Waals surface area contributed by atoms with Crippen LogP contribution in [0.25, 0.3) is 10.8 Å². The minimum absolute atomic E-state index is 0.135. The van der Waals surface area contributed by atoms with Gasteiger partial charge in [0.1, 0.15) is 6.04 Å². The lowest BCUT2D eigenvalue weighted by Crippen LogP contribution is -2.48. The summed E-state index contributed by atoms with van der Waals surface area (Å²) in [5.74, 6) is -0.368. The van der Waals surface area contributed by atoms with E-state index in [0.29, 0.717) is 30.1 Å². The number of anilines is 1. The molecule has 0 fully saturated rings. The third-order valence-corrected chi connectivity index (χ3v) is 8.61. The van der Waals surface area contributed by atoms with Crippen molar-refractivity contribution in [2.24, 2.45) is 0 Å². The van der Waals surface area contributed by atoms with E-state index in [9.17, 15) is 18.0 Å². The molecule has 0 spiro atoms. The summed E-state index contributed by atoms with van der Waals surface area (Å²) >= 11 is 0. The fraction of sp³-hybridized carbons (Fsp3) is 0.357. The van der Waals surface area contributed by atoms with Gasteiger partial charge in [-0.05, 0) is 55.3 Å². The van der Waals surface area contributed by atoms with Crippen LogP contribution in [-0.4, -0.2) is 44.3 Å². The van der Waals surface area contributed by atoms with Gasteiger partial charge in [0.25, 0.3) is 10.0 Å².